The summed E-state index contributed by atoms with van der Waals surface area (Å²) in [5.41, 5.74) is 2.84. The van der Waals surface area contributed by atoms with Crippen molar-refractivity contribution >= 4 is 39.5 Å². The Bertz CT molecular complexity index is 1220. The van der Waals surface area contributed by atoms with Gasteiger partial charge in [-0.2, -0.15) is 4.98 Å². The molecule has 0 unspecified atom stereocenters. The number of ether oxygens (including phenoxy) is 2. The van der Waals surface area contributed by atoms with E-state index in [1.807, 2.05) is 28.8 Å². The van der Waals surface area contributed by atoms with Gasteiger partial charge in [0.05, 0.1) is 35.7 Å². The second kappa shape index (κ2) is 7.09. The van der Waals surface area contributed by atoms with Gasteiger partial charge in [0, 0.05) is 24.3 Å². The topological polar surface area (TPSA) is 79.1 Å². The molecule has 0 spiro atoms. The summed E-state index contributed by atoms with van der Waals surface area (Å²) < 4.78 is 12.2. The Morgan fingerprint density at radius 1 is 1.21 bits per heavy atom. The predicted octanol–water partition coefficient (Wildman–Crippen LogP) is 3.78. The van der Waals surface area contributed by atoms with Crippen LogP contribution in [-0.4, -0.2) is 39.7 Å². The number of fused-ring (bicyclic) bond motifs is 2. The summed E-state index contributed by atoms with van der Waals surface area (Å²) in [6, 6.07) is 7.81. The number of methoxy groups -OCH3 is 2. The SMILES string of the molecule is COC(=O)c1cn(Cc2ccc3ncc(Cl)cc3c2)c2nc(C)nc(OC)c12. The normalized spacial score (nSPS) is 11.1. The van der Waals surface area contributed by atoms with Crippen molar-refractivity contribution < 1.29 is 14.3 Å². The lowest BCUT2D eigenvalue weighted by Crippen LogP contribution is -2.02. The number of esters is 1. The number of aryl methyl sites for hydroxylation is 1. The second-order valence-corrected chi connectivity index (χ2v) is 6.76. The molecule has 3 aromatic heterocycles. The Morgan fingerprint density at radius 3 is 2.79 bits per heavy atom. The summed E-state index contributed by atoms with van der Waals surface area (Å²) in [6.07, 6.45) is 3.34. The van der Waals surface area contributed by atoms with E-state index >= 15 is 0 Å². The van der Waals surface area contributed by atoms with Crippen molar-refractivity contribution in [2.24, 2.45) is 0 Å². The highest BCUT2D eigenvalue weighted by molar-refractivity contribution is 6.31. The quantitative estimate of drug-likeness (QED) is 0.488. The van der Waals surface area contributed by atoms with Crippen LogP contribution < -0.4 is 4.74 Å². The molecule has 8 heteroatoms. The van der Waals surface area contributed by atoms with Gasteiger partial charge in [0.1, 0.15) is 11.5 Å². The van der Waals surface area contributed by atoms with Crippen LogP contribution in [-0.2, 0) is 11.3 Å². The van der Waals surface area contributed by atoms with Crippen LogP contribution in [0.5, 0.6) is 5.88 Å². The third-order valence-electron chi connectivity index (χ3n) is 4.46. The van der Waals surface area contributed by atoms with Crippen molar-refractivity contribution in [1.82, 2.24) is 19.5 Å². The molecular weight excluding hydrogens is 380 g/mol. The molecule has 0 radical (unpaired) electrons. The highest BCUT2D eigenvalue weighted by Gasteiger charge is 2.22. The molecule has 0 bridgehead atoms. The highest BCUT2D eigenvalue weighted by atomic mass is 35.5. The summed E-state index contributed by atoms with van der Waals surface area (Å²) >= 11 is 6.06. The van der Waals surface area contributed by atoms with Gasteiger partial charge in [-0.15, -0.1) is 0 Å². The Morgan fingerprint density at radius 2 is 2.04 bits per heavy atom. The van der Waals surface area contributed by atoms with Crippen LogP contribution in [0.1, 0.15) is 21.7 Å². The lowest BCUT2D eigenvalue weighted by molar-refractivity contribution is 0.0602. The van der Waals surface area contributed by atoms with E-state index in [-0.39, 0.29) is 0 Å². The third-order valence-corrected chi connectivity index (χ3v) is 4.67. The minimum absolute atomic E-state index is 0.344. The van der Waals surface area contributed by atoms with Gasteiger partial charge in [-0.25, -0.2) is 9.78 Å². The van der Waals surface area contributed by atoms with Gasteiger partial charge in [0.25, 0.3) is 0 Å². The summed E-state index contributed by atoms with van der Waals surface area (Å²) in [6.45, 7) is 2.27. The number of benzene rings is 1. The molecule has 7 nitrogen and oxygen atoms in total. The fourth-order valence-electron chi connectivity index (χ4n) is 3.24. The molecule has 0 saturated heterocycles. The zero-order chi connectivity index (χ0) is 19.8. The van der Waals surface area contributed by atoms with Crippen LogP contribution >= 0.6 is 11.6 Å². The molecule has 4 aromatic rings. The number of carbonyl (C=O) groups is 1. The second-order valence-electron chi connectivity index (χ2n) is 6.32. The predicted molar refractivity (Wildman–Crippen MR) is 106 cm³/mol. The summed E-state index contributed by atoms with van der Waals surface area (Å²) in [5, 5.41) is 2.06. The van der Waals surface area contributed by atoms with E-state index in [0.717, 1.165) is 16.5 Å². The van der Waals surface area contributed by atoms with Gasteiger partial charge >= 0.3 is 5.97 Å². The maximum Gasteiger partial charge on any atom is 0.340 e. The van der Waals surface area contributed by atoms with Crippen molar-refractivity contribution in [2.75, 3.05) is 14.2 Å². The Balaban J connectivity index is 1.86. The molecule has 0 amide bonds. The highest BCUT2D eigenvalue weighted by Crippen LogP contribution is 2.29. The molecule has 0 aliphatic carbocycles. The largest absolute Gasteiger partial charge is 0.480 e. The van der Waals surface area contributed by atoms with Gasteiger partial charge < -0.3 is 14.0 Å². The van der Waals surface area contributed by atoms with Crippen molar-refractivity contribution in [3.8, 4) is 5.88 Å². The van der Waals surface area contributed by atoms with Crippen molar-refractivity contribution in [3.05, 3.63) is 58.6 Å². The van der Waals surface area contributed by atoms with Crippen LogP contribution in [0.2, 0.25) is 5.02 Å². The number of aromatic nitrogens is 4. The first kappa shape index (κ1) is 18.2. The van der Waals surface area contributed by atoms with Crippen LogP contribution in [0.25, 0.3) is 21.9 Å². The number of rotatable bonds is 4. The minimum Gasteiger partial charge on any atom is -0.480 e. The molecule has 0 atom stereocenters. The maximum atomic E-state index is 12.3. The van der Waals surface area contributed by atoms with Gasteiger partial charge in [-0.05, 0) is 30.7 Å². The van der Waals surface area contributed by atoms with Crippen LogP contribution in [0.4, 0.5) is 0 Å². The van der Waals surface area contributed by atoms with Crippen LogP contribution in [0.15, 0.2) is 36.7 Å². The average molecular weight is 397 g/mol. The maximum absolute atomic E-state index is 12.3. The van der Waals surface area contributed by atoms with Gasteiger partial charge in [0.15, 0.2) is 0 Å². The Kier molecular flexibility index (Phi) is 4.60. The standard InChI is InChI=1S/C20H17ClN4O3/c1-11-23-18-17(19(24-11)27-2)15(20(26)28-3)10-25(18)9-12-4-5-16-13(6-12)7-14(21)8-22-16/h4-8,10H,9H2,1-3H3. The van der Waals surface area contributed by atoms with Crippen LogP contribution in [0.3, 0.4) is 0 Å². The first-order valence-corrected chi connectivity index (χ1v) is 8.92. The molecule has 28 heavy (non-hydrogen) atoms. The first-order chi connectivity index (χ1) is 13.5. The minimum atomic E-state index is -0.469. The van der Waals surface area contributed by atoms with E-state index in [0.29, 0.717) is 39.9 Å². The van der Waals surface area contributed by atoms with Gasteiger partial charge in [-0.3, -0.25) is 4.98 Å². The zero-order valence-electron chi connectivity index (χ0n) is 15.6. The summed E-state index contributed by atoms with van der Waals surface area (Å²) in [7, 11) is 2.85. The monoisotopic (exact) mass is 396 g/mol. The van der Waals surface area contributed by atoms with E-state index in [1.54, 1.807) is 19.3 Å². The number of halogens is 1. The fraction of sp³-hybridized carbons (Fsp3) is 0.200. The fourth-order valence-corrected chi connectivity index (χ4v) is 3.41. The summed E-state index contributed by atoms with van der Waals surface area (Å²) in [5.74, 6) is 0.426. The molecular formula is C20H17ClN4O3. The Labute approximate surface area is 165 Å². The van der Waals surface area contributed by atoms with E-state index in [4.69, 9.17) is 21.1 Å². The number of carbonyl (C=O) groups excluding carboxylic acids is 1. The molecule has 0 fully saturated rings. The molecule has 0 N–H and O–H groups in total. The van der Waals surface area contributed by atoms with Gasteiger partial charge in [0.2, 0.25) is 5.88 Å². The molecule has 0 saturated carbocycles. The first-order valence-electron chi connectivity index (χ1n) is 8.54. The third kappa shape index (κ3) is 3.14. The average Bonchev–Trinajstić information content (AvgIpc) is 3.04. The lowest BCUT2D eigenvalue weighted by atomic mass is 10.1. The summed E-state index contributed by atoms with van der Waals surface area (Å²) in [4.78, 5) is 25.4. The smallest absolute Gasteiger partial charge is 0.340 e. The molecule has 3 heterocycles. The number of nitrogens with zero attached hydrogens (tertiary/aromatic N) is 4. The van der Waals surface area contributed by atoms with E-state index in [1.165, 1.54) is 14.2 Å². The molecule has 142 valence electrons. The molecule has 0 aliphatic heterocycles. The molecule has 4 rings (SSSR count). The van der Waals surface area contributed by atoms with E-state index in [2.05, 4.69) is 15.0 Å². The van der Waals surface area contributed by atoms with Crippen LogP contribution in [0, 0.1) is 6.92 Å². The van der Waals surface area contributed by atoms with Gasteiger partial charge in [-0.1, -0.05) is 17.7 Å². The van der Waals surface area contributed by atoms with Crippen molar-refractivity contribution in [1.29, 1.82) is 0 Å². The lowest BCUT2D eigenvalue weighted by Gasteiger charge is -2.08. The zero-order valence-corrected chi connectivity index (χ0v) is 16.3. The van der Waals surface area contributed by atoms with Crippen molar-refractivity contribution in [3.63, 3.8) is 0 Å². The molecule has 0 aliphatic rings. The van der Waals surface area contributed by atoms with E-state index in [9.17, 15) is 4.79 Å². The number of hydrogen-bond acceptors (Lipinski definition) is 6. The van der Waals surface area contributed by atoms with E-state index < -0.39 is 5.97 Å². The van der Waals surface area contributed by atoms with Crippen molar-refractivity contribution in [2.45, 2.75) is 13.5 Å². The number of pyridine rings is 1. The molecule has 1 aromatic carbocycles. The number of hydrogen-bond donors (Lipinski definition) is 0. The Hall–Kier alpha value is -3.19.